The van der Waals surface area contributed by atoms with Gasteiger partial charge in [-0.25, -0.2) is 0 Å². The summed E-state index contributed by atoms with van der Waals surface area (Å²) in [6.45, 7) is 0. The molecule has 0 unspecified atom stereocenters. The summed E-state index contributed by atoms with van der Waals surface area (Å²) in [4.78, 5) is 22.3. The lowest BCUT2D eigenvalue weighted by atomic mass is 9.82. The predicted molar refractivity (Wildman–Crippen MR) is 55.4 cm³/mol. The van der Waals surface area contributed by atoms with Crippen LogP contribution in [0.4, 0.5) is 0 Å². The summed E-state index contributed by atoms with van der Waals surface area (Å²) in [7, 11) is 0. The molecule has 5 heteroatoms. The maximum atomic E-state index is 11.7. The van der Waals surface area contributed by atoms with Gasteiger partial charge in [-0.3, -0.25) is 14.9 Å². The Morgan fingerprint density at radius 3 is 2.88 bits per heavy atom. The first-order valence-corrected chi connectivity index (χ1v) is 5.40. The Bertz CT molecular complexity index is 385. The average Bonchev–Trinajstić information content (AvgIpc) is 2.74. The Morgan fingerprint density at radius 1 is 1.50 bits per heavy atom. The molecule has 2 rings (SSSR count). The molecule has 1 fully saturated rings. The summed E-state index contributed by atoms with van der Waals surface area (Å²) < 4.78 is 5.06. The largest absolute Gasteiger partial charge is 0.462 e. The number of carbonyl (C=O) groups excluding carboxylic acids is 1. The number of ketones is 1. The van der Waals surface area contributed by atoms with Gasteiger partial charge in [-0.1, -0.05) is 6.42 Å². The van der Waals surface area contributed by atoms with E-state index in [0.717, 1.165) is 12.8 Å². The van der Waals surface area contributed by atoms with Crippen LogP contribution in [0.1, 0.15) is 37.5 Å². The highest BCUT2D eigenvalue weighted by atomic mass is 16.6. The van der Waals surface area contributed by atoms with Crippen LogP contribution in [-0.4, -0.2) is 10.7 Å². The molecule has 2 atom stereocenters. The van der Waals surface area contributed by atoms with Crippen LogP contribution in [0.15, 0.2) is 22.8 Å². The summed E-state index contributed by atoms with van der Waals surface area (Å²) in [5.74, 6) is -0.246. The third-order valence-electron chi connectivity index (χ3n) is 3.04. The maximum Gasteiger partial charge on any atom is 0.279 e. The molecule has 1 aliphatic rings. The lowest BCUT2D eigenvalue weighted by molar-refractivity contribution is -0.539. The van der Waals surface area contributed by atoms with Gasteiger partial charge in [0.1, 0.15) is 5.78 Å². The van der Waals surface area contributed by atoms with Crippen LogP contribution in [0.2, 0.25) is 0 Å². The molecule has 5 nitrogen and oxygen atoms in total. The van der Waals surface area contributed by atoms with Crippen LogP contribution in [0.5, 0.6) is 0 Å². The first-order valence-electron chi connectivity index (χ1n) is 5.40. The molecule has 0 spiro atoms. The number of furan rings is 1. The molecule has 0 amide bonds. The van der Waals surface area contributed by atoms with Crippen LogP contribution in [0, 0.1) is 16.0 Å². The van der Waals surface area contributed by atoms with E-state index in [1.54, 1.807) is 12.1 Å². The fraction of sp³-hybridized carbons (Fsp3) is 0.545. The molecule has 1 aromatic rings. The van der Waals surface area contributed by atoms with E-state index < -0.39 is 16.9 Å². The molecule has 0 radical (unpaired) electrons. The molecule has 1 aliphatic carbocycles. The van der Waals surface area contributed by atoms with Crippen molar-refractivity contribution in [2.45, 2.75) is 31.7 Å². The van der Waals surface area contributed by atoms with Crippen LogP contribution in [0.25, 0.3) is 0 Å². The first-order chi connectivity index (χ1) is 7.70. The zero-order valence-corrected chi connectivity index (χ0v) is 8.80. The quantitative estimate of drug-likeness (QED) is 0.582. The summed E-state index contributed by atoms with van der Waals surface area (Å²) >= 11 is 0. The summed E-state index contributed by atoms with van der Waals surface area (Å²) in [5.41, 5.74) is 0. The zero-order chi connectivity index (χ0) is 11.5. The predicted octanol–water partition coefficient (Wildman–Crippen LogP) is 2.36. The second kappa shape index (κ2) is 4.47. The van der Waals surface area contributed by atoms with E-state index >= 15 is 0 Å². The van der Waals surface area contributed by atoms with Gasteiger partial charge in [0.05, 0.1) is 12.2 Å². The van der Waals surface area contributed by atoms with Crippen molar-refractivity contribution in [3.8, 4) is 0 Å². The van der Waals surface area contributed by atoms with Gasteiger partial charge in [0.15, 0.2) is 5.76 Å². The van der Waals surface area contributed by atoms with E-state index in [1.807, 2.05) is 0 Å². The number of nitro groups is 1. The smallest absolute Gasteiger partial charge is 0.279 e. The van der Waals surface area contributed by atoms with E-state index in [0.29, 0.717) is 12.8 Å². The summed E-state index contributed by atoms with van der Waals surface area (Å²) in [6.07, 6.45) is 4.17. The minimum absolute atomic E-state index is 0.00986. The highest BCUT2D eigenvalue weighted by Gasteiger charge is 2.41. The van der Waals surface area contributed by atoms with Crippen molar-refractivity contribution in [1.82, 2.24) is 0 Å². The monoisotopic (exact) mass is 223 g/mol. The Morgan fingerprint density at radius 2 is 2.31 bits per heavy atom. The van der Waals surface area contributed by atoms with Crippen molar-refractivity contribution in [3.63, 3.8) is 0 Å². The first kappa shape index (κ1) is 10.9. The van der Waals surface area contributed by atoms with Crippen LogP contribution in [0.3, 0.4) is 0 Å². The highest BCUT2D eigenvalue weighted by molar-refractivity contribution is 5.82. The Hall–Kier alpha value is -1.65. The minimum atomic E-state index is -1.01. The van der Waals surface area contributed by atoms with Gasteiger partial charge >= 0.3 is 0 Å². The van der Waals surface area contributed by atoms with Gasteiger partial charge in [-0.2, -0.15) is 0 Å². The van der Waals surface area contributed by atoms with Crippen LogP contribution < -0.4 is 0 Å². The molecule has 0 aromatic carbocycles. The van der Waals surface area contributed by atoms with Crippen molar-refractivity contribution in [2.24, 2.45) is 5.92 Å². The van der Waals surface area contributed by atoms with Crippen LogP contribution >= 0.6 is 0 Å². The van der Waals surface area contributed by atoms with E-state index in [1.165, 1.54) is 6.26 Å². The molecular formula is C11H13NO4. The SMILES string of the molecule is O=C1CCCC[C@H]1[C@@H](c1ccco1)[N+](=O)[O-]. The fourth-order valence-electron chi connectivity index (χ4n) is 2.25. The van der Waals surface area contributed by atoms with Crippen molar-refractivity contribution in [1.29, 1.82) is 0 Å². The number of hydrogen-bond donors (Lipinski definition) is 0. The van der Waals surface area contributed by atoms with Gasteiger partial charge < -0.3 is 4.42 Å². The van der Waals surface area contributed by atoms with Crippen molar-refractivity contribution in [2.75, 3.05) is 0 Å². The van der Waals surface area contributed by atoms with Gasteiger partial charge in [0.2, 0.25) is 0 Å². The fourth-order valence-corrected chi connectivity index (χ4v) is 2.25. The third-order valence-corrected chi connectivity index (χ3v) is 3.04. The Balaban J connectivity index is 2.25. The van der Waals surface area contributed by atoms with Gasteiger partial charge in [-0.15, -0.1) is 0 Å². The summed E-state index contributed by atoms with van der Waals surface area (Å²) in [5, 5.41) is 11.0. The molecule has 16 heavy (non-hydrogen) atoms. The molecule has 86 valence electrons. The van der Waals surface area contributed by atoms with E-state index in [2.05, 4.69) is 0 Å². The molecule has 0 N–H and O–H groups in total. The van der Waals surface area contributed by atoms with Gasteiger partial charge in [-0.05, 0) is 25.0 Å². The van der Waals surface area contributed by atoms with Crippen molar-refractivity contribution < 1.29 is 14.1 Å². The lowest BCUT2D eigenvalue weighted by Crippen LogP contribution is -2.30. The number of Topliss-reactive ketones (excluding diaryl/α,β-unsaturated/α-hetero) is 1. The number of carbonyl (C=O) groups is 1. The number of nitrogens with zero attached hydrogens (tertiary/aromatic N) is 1. The molecule has 1 saturated carbocycles. The molecule has 1 aromatic heterocycles. The van der Waals surface area contributed by atoms with Crippen molar-refractivity contribution in [3.05, 3.63) is 34.3 Å². The molecule has 0 aliphatic heterocycles. The Kier molecular flexibility index (Phi) is 3.03. The maximum absolute atomic E-state index is 11.7. The topological polar surface area (TPSA) is 73.3 Å². The second-order valence-electron chi connectivity index (χ2n) is 4.06. The molecule has 1 heterocycles. The second-order valence-corrected chi connectivity index (χ2v) is 4.06. The normalized spacial score (nSPS) is 23.0. The highest BCUT2D eigenvalue weighted by Crippen LogP contribution is 2.34. The van der Waals surface area contributed by atoms with E-state index in [9.17, 15) is 14.9 Å². The molecule has 0 saturated heterocycles. The standard InChI is InChI=1S/C11H13NO4/c13-9-5-2-1-4-8(9)11(12(14)15)10-6-3-7-16-10/h3,6-8,11H,1-2,4-5H2/t8-,11+/m1/s1. The molecule has 0 bridgehead atoms. The lowest BCUT2D eigenvalue weighted by Gasteiger charge is -2.22. The van der Waals surface area contributed by atoms with Crippen LogP contribution in [-0.2, 0) is 4.79 Å². The molecular weight excluding hydrogens is 210 g/mol. The van der Waals surface area contributed by atoms with Crippen molar-refractivity contribution >= 4 is 5.78 Å². The third kappa shape index (κ3) is 1.98. The number of rotatable bonds is 3. The average molecular weight is 223 g/mol. The summed E-state index contributed by atoms with van der Waals surface area (Å²) in [6, 6.07) is 2.16. The minimum Gasteiger partial charge on any atom is -0.462 e. The van der Waals surface area contributed by atoms with Gasteiger partial charge in [0.25, 0.3) is 6.04 Å². The van der Waals surface area contributed by atoms with Gasteiger partial charge in [0, 0.05) is 11.3 Å². The zero-order valence-electron chi connectivity index (χ0n) is 8.80. The van der Waals surface area contributed by atoms with E-state index in [-0.39, 0.29) is 11.5 Å². The van der Waals surface area contributed by atoms with E-state index in [4.69, 9.17) is 4.42 Å². The number of hydrogen-bond acceptors (Lipinski definition) is 4. The Labute approximate surface area is 92.6 Å².